The molecule has 2 atom stereocenters. The lowest BCUT2D eigenvalue weighted by atomic mass is 10.0. The first-order chi connectivity index (χ1) is 9.33. The van der Waals surface area contributed by atoms with Crippen LogP contribution >= 0.6 is 0 Å². The van der Waals surface area contributed by atoms with Gasteiger partial charge in [0.2, 0.25) is 0 Å². The summed E-state index contributed by atoms with van der Waals surface area (Å²) in [7, 11) is 2.21. The fourth-order valence-electron chi connectivity index (χ4n) is 4.02. The number of hydrogen-bond acceptors (Lipinski definition) is 5. The van der Waals surface area contributed by atoms with E-state index in [4.69, 9.17) is 0 Å². The van der Waals surface area contributed by atoms with Crippen molar-refractivity contribution in [2.45, 2.75) is 25.3 Å². The number of aromatic nitrogens is 2. The lowest BCUT2D eigenvalue weighted by Gasteiger charge is -2.27. The topological polar surface area (TPSA) is 53.1 Å². The van der Waals surface area contributed by atoms with Crippen LogP contribution in [0.3, 0.4) is 0 Å². The number of fused-ring (bicyclic) bond motifs is 2. The Morgan fingerprint density at radius 1 is 1.21 bits per heavy atom. The number of hydrogen-bond donors (Lipinski definition) is 2. The molecule has 3 aliphatic rings. The van der Waals surface area contributed by atoms with E-state index in [0.29, 0.717) is 6.04 Å². The minimum atomic E-state index is 0.650. The van der Waals surface area contributed by atoms with E-state index in [1.807, 2.05) is 0 Å². The van der Waals surface area contributed by atoms with Crippen LogP contribution in [-0.2, 0) is 6.42 Å². The van der Waals surface area contributed by atoms with Gasteiger partial charge in [-0.1, -0.05) is 0 Å². The van der Waals surface area contributed by atoms with Crippen LogP contribution in [0.5, 0.6) is 0 Å². The molecule has 19 heavy (non-hydrogen) atoms. The Hall–Kier alpha value is -1.36. The van der Waals surface area contributed by atoms with E-state index >= 15 is 0 Å². The molecule has 5 heteroatoms. The van der Waals surface area contributed by atoms with E-state index < -0.39 is 0 Å². The Bertz CT molecular complexity index is 477. The van der Waals surface area contributed by atoms with Gasteiger partial charge in [0.1, 0.15) is 18.0 Å². The highest BCUT2D eigenvalue weighted by atomic mass is 15.2. The first-order valence-corrected chi connectivity index (χ1v) is 7.34. The van der Waals surface area contributed by atoms with Gasteiger partial charge in [-0.2, -0.15) is 0 Å². The summed E-state index contributed by atoms with van der Waals surface area (Å²) in [6, 6.07) is 0.650. The molecular weight excluding hydrogens is 238 g/mol. The molecule has 2 N–H and O–H groups in total. The normalized spacial score (nSPS) is 31.9. The van der Waals surface area contributed by atoms with Crippen molar-refractivity contribution < 1.29 is 0 Å². The summed E-state index contributed by atoms with van der Waals surface area (Å²) in [5.74, 6) is 3.94. The standard InChI is InChI=1S/C14H21N5/c1-19(11-4-9-6-15-7-10(9)5-11)14-12-2-3-16-13(12)17-8-18-14/h8-11,15H,2-7H2,1H3,(H,16,17,18). The lowest BCUT2D eigenvalue weighted by Crippen LogP contribution is -2.32. The maximum atomic E-state index is 4.55. The average molecular weight is 259 g/mol. The van der Waals surface area contributed by atoms with Crippen LogP contribution in [0.4, 0.5) is 11.6 Å². The van der Waals surface area contributed by atoms with Gasteiger partial charge in [-0.15, -0.1) is 0 Å². The molecule has 1 saturated carbocycles. The zero-order chi connectivity index (χ0) is 12.8. The molecule has 0 bridgehead atoms. The molecular formula is C14H21N5. The minimum absolute atomic E-state index is 0.650. The van der Waals surface area contributed by atoms with Crippen molar-refractivity contribution in [3.8, 4) is 0 Å². The summed E-state index contributed by atoms with van der Waals surface area (Å²) in [5, 5.41) is 6.85. The zero-order valence-electron chi connectivity index (χ0n) is 11.4. The van der Waals surface area contributed by atoms with Gasteiger partial charge in [-0.05, 0) is 44.2 Å². The second-order valence-corrected chi connectivity index (χ2v) is 6.12. The maximum Gasteiger partial charge on any atom is 0.137 e. The summed E-state index contributed by atoms with van der Waals surface area (Å²) in [4.78, 5) is 11.3. The predicted octanol–water partition coefficient (Wildman–Crippen LogP) is 0.879. The van der Waals surface area contributed by atoms with Crippen molar-refractivity contribution in [1.29, 1.82) is 0 Å². The van der Waals surface area contributed by atoms with Gasteiger partial charge < -0.3 is 15.5 Å². The van der Waals surface area contributed by atoms with Crippen LogP contribution in [0.2, 0.25) is 0 Å². The van der Waals surface area contributed by atoms with Gasteiger partial charge in [0.05, 0.1) is 0 Å². The Balaban J connectivity index is 1.58. The van der Waals surface area contributed by atoms with Crippen LogP contribution < -0.4 is 15.5 Å². The molecule has 1 aromatic rings. The Morgan fingerprint density at radius 2 is 2.00 bits per heavy atom. The molecule has 1 aliphatic carbocycles. The van der Waals surface area contributed by atoms with Crippen molar-refractivity contribution in [2.75, 3.05) is 36.9 Å². The molecule has 2 fully saturated rings. The highest BCUT2D eigenvalue weighted by Crippen LogP contribution is 2.39. The van der Waals surface area contributed by atoms with Gasteiger partial charge in [0.25, 0.3) is 0 Å². The summed E-state index contributed by atoms with van der Waals surface area (Å²) in [5.41, 5.74) is 1.31. The minimum Gasteiger partial charge on any atom is -0.369 e. The summed E-state index contributed by atoms with van der Waals surface area (Å²) >= 11 is 0. The van der Waals surface area contributed by atoms with Gasteiger partial charge in [0, 0.05) is 25.2 Å². The smallest absolute Gasteiger partial charge is 0.137 e. The van der Waals surface area contributed by atoms with Crippen molar-refractivity contribution in [3.63, 3.8) is 0 Å². The third-order valence-corrected chi connectivity index (χ3v) is 5.10. The third kappa shape index (κ3) is 1.79. The molecule has 4 rings (SSSR count). The Morgan fingerprint density at radius 3 is 2.79 bits per heavy atom. The van der Waals surface area contributed by atoms with Crippen LogP contribution in [0.1, 0.15) is 18.4 Å². The van der Waals surface area contributed by atoms with Crippen molar-refractivity contribution in [1.82, 2.24) is 15.3 Å². The van der Waals surface area contributed by atoms with Crippen LogP contribution in [0.25, 0.3) is 0 Å². The quantitative estimate of drug-likeness (QED) is 0.826. The molecule has 102 valence electrons. The monoisotopic (exact) mass is 259 g/mol. The SMILES string of the molecule is CN(c1ncnc2c1CCN2)C1CC2CNCC2C1. The van der Waals surface area contributed by atoms with E-state index in [0.717, 1.165) is 36.4 Å². The number of nitrogens with one attached hydrogen (secondary N) is 2. The van der Waals surface area contributed by atoms with Crippen molar-refractivity contribution >= 4 is 11.6 Å². The van der Waals surface area contributed by atoms with E-state index in [1.165, 1.54) is 31.5 Å². The van der Waals surface area contributed by atoms with Crippen molar-refractivity contribution in [2.24, 2.45) is 11.8 Å². The first-order valence-electron chi connectivity index (χ1n) is 7.34. The molecule has 2 unspecified atom stereocenters. The molecule has 2 aliphatic heterocycles. The second-order valence-electron chi connectivity index (χ2n) is 6.12. The summed E-state index contributed by atoms with van der Waals surface area (Å²) in [6.07, 6.45) is 5.36. The Kier molecular flexibility index (Phi) is 2.62. The highest BCUT2D eigenvalue weighted by Gasteiger charge is 2.39. The van der Waals surface area contributed by atoms with Gasteiger partial charge in [-0.3, -0.25) is 0 Å². The van der Waals surface area contributed by atoms with E-state index in [-0.39, 0.29) is 0 Å². The highest BCUT2D eigenvalue weighted by molar-refractivity contribution is 5.62. The fraction of sp³-hybridized carbons (Fsp3) is 0.714. The number of rotatable bonds is 2. The maximum absolute atomic E-state index is 4.55. The largest absolute Gasteiger partial charge is 0.369 e. The molecule has 3 heterocycles. The molecule has 1 aromatic heterocycles. The molecule has 1 saturated heterocycles. The van der Waals surface area contributed by atoms with E-state index in [1.54, 1.807) is 6.33 Å². The van der Waals surface area contributed by atoms with Crippen molar-refractivity contribution in [3.05, 3.63) is 11.9 Å². The molecule has 5 nitrogen and oxygen atoms in total. The average Bonchev–Trinajstić information content (AvgIpc) is 3.11. The molecule has 0 amide bonds. The van der Waals surface area contributed by atoms with Crippen LogP contribution in [0.15, 0.2) is 6.33 Å². The lowest BCUT2D eigenvalue weighted by molar-refractivity contribution is 0.494. The van der Waals surface area contributed by atoms with Gasteiger partial charge in [0.15, 0.2) is 0 Å². The van der Waals surface area contributed by atoms with Gasteiger partial charge in [-0.25, -0.2) is 9.97 Å². The first kappa shape index (κ1) is 11.5. The summed E-state index contributed by atoms with van der Waals surface area (Å²) < 4.78 is 0. The molecule has 0 radical (unpaired) electrons. The van der Waals surface area contributed by atoms with Gasteiger partial charge >= 0.3 is 0 Å². The third-order valence-electron chi connectivity index (χ3n) is 5.10. The second kappa shape index (κ2) is 4.34. The van der Waals surface area contributed by atoms with Crippen LogP contribution in [-0.4, -0.2) is 42.7 Å². The summed E-state index contributed by atoms with van der Waals surface area (Å²) in [6.45, 7) is 3.41. The number of nitrogens with zero attached hydrogens (tertiary/aromatic N) is 3. The molecule has 0 aromatic carbocycles. The van der Waals surface area contributed by atoms with Crippen LogP contribution in [0, 0.1) is 11.8 Å². The van der Waals surface area contributed by atoms with E-state index in [9.17, 15) is 0 Å². The molecule has 0 spiro atoms. The van der Waals surface area contributed by atoms with E-state index in [2.05, 4.69) is 32.5 Å². The fourth-order valence-corrected chi connectivity index (χ4v) is 4.02. The number of anilines is 2. The zero-order valence-corrected chi connectivity index (χ0v) is 11.4. The Labute approximate surface area is 113 Å². The predicted molar refractivity (Wildman–Crippen MR) is 75.5 cm³/mol.